The number of nitrogens with one attached hydrogen (secondary N) is 1. The molecule has 0 radical (unpaired) electrons. The van der Waals surface area contributed by atoms with Crippen molar-refractivity contribution in [1.29, 1.82) is 0 Å². The van der Waals surface area contributed by atoms with Crippen LogP contribution in [0.1, 0.15) is 354 Å². The van der Waals surface area contributed by atoms with Gasteiger partial charge >= 0.3 is 5.97 Å². The monoisotopic (exact) mass is 1000 g/mol. The van der Waals surface area contributed by atoms with Crippen molar-refractivity contribution in [3.63, 3.8) is 0 Å². The molecule has 0 fully saturated rings. The molecular formula is C65H125NO5. The Hall–Kier alpha value is -1.66. The fourth-order valence-electron chi connectivity index (χ4n) is 10.0. The maximum Gasteiger partial charge on any atom is 0.305 e. The molecule has 0 aromatic heterocycles. The number of aliphatic hydroxyl groups is 2. The van der Waals surface area contributed by atoms with Gasteiger partial charge < -0.3 is 20.3 Å². The number of carbonyl (C=O) groups is 2. The van der Waals surface area contributed by atoms with Crippen molar-refractivity contribution in [1.82, 2.24) is 5.32 Å². The standard InChI is InChI=1S/C65H125NO5/c1-3-5-7-9-11-13-15-16-17-18-19-25-28-31-34-38-41-45-49-53-57-63(68)62(61-67)66-64(69)58-54-50-46-42-39-35-32-29-26-23-21-20-22-24-27-30-33-36-40-44-48-52-56-60-71-65(70)59-55-51-47-43-37-14-12-10-8-6-4-2/h23,26,53,57,62-63,67-68H,3-22,24-25,27-52,54-56,58-61H2,1-2H3,(H,66,69)/b26-23-,57-53+. The predicted octanol–water partition coefficient (Wildman–Crippen LogP) is 20.2. The lowest BCUT2D eigenvalue weighted by Gasteiger charge is -2.20. The maximum atomic E-state index is 12.5. The van der Waals surface area contributed by atoms with Crippen LogP contribution in [0.5, 0.6) is 0 Å². The molecule has 0 aliphatic rings. The first-order valence-electron chi connectivity index (χ1n) is 32.1. The van der Waals surface area contributed by atoms with Crippen molar-refractivity contribution in [2.75, 3.05) is 13.2 Å². The molecule has 0 spiro atoms. The van der Waals surface area contributed by atoms with Crippen molar-refractivity contribution < 1.29 is 24.5 Å². The molecule has 0 bridgehead atoms. The number of ether oxygens (including phenoxy) is 1. The van der Waals surface area contributed by atoms with Crippen molar-refractivity contribution in [2.24, 2.45) is 0 Å². The number of aliphatic hydroxyl groups excluding tert-OH is 2. The van der Waals surface area contributed by atoms with E-state index in [4.69, 9.17) is 4.74 Å². The summed E-state index contributed by atoms with van der Waals surface area (Å²) in [5, 5.41) is 23.2. The number of esters is 1. The van der Waals surface area contributed by atoms with Gasteiger partial charge in [-0.1, -0.05) is 308 Å². The van der Waals surface area contributed by atoms with Gasteiger partial charge in [-0.25, -0.2) is 0 Å². The molecule has 0 aliphatic heterocycles. The highest BCUT2D eigenvalue weighted by Gasteiger charge is 2.18. The SMILES string of the molecule is CCCCCCCCCCCCCCCCCCCC/C=C/C(O)C(CO)NC(=O)CCCCCCCCC/C=C\CCCCCCCCCCCCCCOC(=O)CCCCCCCCCCCCC. The van der Waals surface area contributed by atoms with E-state index in [2.05, 4.69) is 31.3 Å². The van der Waals surface area contributed by atoms with Gasteiger partial charge in [0.05, 0.1) is 25.4 Å². The Morgan fingerprint density at radius 1 is 0.380 bits per heavy atom. The van der Waals surface area contributed by atoms with Crippen LogP contribution in [0, 0.1) is 0 Å². The molecule has 420 valence electrons. The summed E-state index contributed by atoms with van der Waals surface area (Å²) >= 11 is 0. The largest absolute Gasteiger partial charge is 0.466 e. The van der Waals surface area contributed by atoms with Crippen molar-refractivity contribution in [2.45, 2.75) is 366 Å². The van der Waals surface area contributed by atoms with Crippen LogP contribution in [0.2, 0.25) is 0 Å². The Labute approximate surface area is 443 Å². The smallest absolute Gasteiger partial charge is 0.305 e. The summed E-state index contributed by atoms with van der Waals surface area (Å²) in [6, 6.07) is -0.633. The second-order valence-electron chi connectivity index (χ2n) is 22.1. The summed E-state index contributed by atoms with van der Waals surface area (Å²) in [5.74, 6) is -0.0601. The summed E-state index contributed by atoms with van der Waals surface area (Å²) in [7, 11) is 0. The minimum atomic E-state index is -0.849. The van der Waals surface area contributed by atoms with E-state index in [1.807, 2.05) is 6.08 Å². The molecule has 71 heavy (non-hydrogen) atoms. The van der Waals surface area contributed by atoms with Crippen LogP contribution in [0.25, 0.3) is 0 Å². The minimum Gasteiger partial charge on any atom is -0.466 e. The molecule has 0 heterocycles. The zero-order valence-corrected chi connectivity index (χ0v) is 48.0. The van der Waals surface area contributed by atoms with Gasteiger partial charge in [-0.15, -0.1) is 0 Å². The summed E-state index contributed by atoms with van der Waals surface area (Å²) < 4.78 is 5.47. The Bertz CT molecular complexity index is 1110. The Morgan fingerprint density at radius 3 is 1.00 bits per heavy atom. The average Bonchev–Trinajstić information content (AvgIpc) is 3.37. The number of hydrogen-bond acceptors (Lipinski definition) is 5. The molecule has 0 saturated heterocycles. The summed E-state index contributed by atoms with van der Waals surface area (Å²) in [6.45, 7) is 4.92. The van der Waals surface area contributed by atoms with Crippen molar-refractivity contribution >= 4 is 11.9 Å². The van der Waals surface area contributed by atoms with E-state index < -0.39 is 12.1 Å². The first-order valence-corrected chi connectivity index (χ1v) is 32.1. The topological polar surface area (TPSA) is 95.9 Å². The quantitative estimate of drug-likeness (QED) is 0.0320. The van der Waals surface area contributed by atoms with E-state index in [-0.39, 0.29) is 18.5 Å². The van der Waals surface area contributed by atoms with E-state index in [0.717, 1.165) is 44.9 Å². The third-order valence-corrected chi connectivity index (χ3v) is 15.0. The molecule has 6 nitrogen and oxygen atoms in total. The Kier molecular flexibility index (Phi) is 59.5. The normalized spacial score (nSPS) is 12.7. The number of unbranched alkanes of at least 4 members (excludes halogenated alkanes) is 47. The predicted molar refractivity (Wildman–Crippen MR) is 310 cm³/mol. The molecule has 0 aromatic rings. The average molecular weight is 1000 g/mol. The minimum absolute atomic E-state index is 0.0111. The number of amides is 1. The van der Waals surface area contributed by atoms with E-state index in [1.165, 1.54) is 283 Å². The van der Waals surface area contributed by atoms with E-state index >= 15 is 0 Å². The van der Waals surface area contributed by atoms with Crippen molar-refractivity contribution in [3.8, 4) is 0 Å². The summed E-state index contributed by atoms with van der Waals surface area (Å²) in [6.07, 6.45) is 75.1. The number of hydrogen-bond donors (Lipinski definition) is 3. The van der Waals surface area contributed by atoms with Gasteiger partial charge in [-0.2, -0.15) is 0 Å². The van der Waals surface area contributed by atoms with Crippen LogP contribution in [-0.4, -0.2) is 47.4 Å². The lowest BCUT2D eigenvalue weighted by molar-refractivity contribution is -0.143. The molecule has 1 amide bonds. The molecule has 0 rings (SSSR count). The van der Waals surface area contributed by atoms with Crippen LogP contribution in [-0.2, 0) is 14.3 Å². The third-order valence-electron chi connectivity index (χ3n) is 15.0. The van der Waals surface area contributed by atoms with Crippen molar-refractivity contribution in [3.05, 3.63) is 24.3 Å². The first kappa shape index (κ1) is 69.3. The Balaban J connectivity index is 3.44. The maximum absolute atomic E-state index is 12.5. The highest BCUT2D eigenvalue weighted by atomic mass is 16.5. The van der Waals surface area contributed by atoms with Gasteiger partial charge in [0.25, 0.3) is 0 Å². The van der Waals surface area contributed by atoms with Gasteiger partial charge in [0, 0.05) is 12.8 Å². The summed E-state index contributed by atoms with van der Waals surface area (Å²) in [4.78, 5) is 24.5. The Morgan fingerprint density at radius 2 is 0.662 bits per heavy atom. The molecular weight excluding hydrogens is 875 g/mol. The number of rotatable bonds is 60. The van der Waals surface area contributed by atoms with E-state index in [9.17, 15) is 19.8 Å². The molecule has 0 saturated carbocycles. The van der Waals surface area contributed by atoms with E-state index in [1.54, 1.807) is 6.08 Å². The second-order valence-corrected chi connectivity index (χ2v) is 22.1. The fourth-order valence-corrected chi connectivity index (χ4v) is 10.0. The molecule has 0 aromatic carbocycles. The van der Waals surface area contributed by atoms with Crippen LogP contribution in [0.15, 0.2) is 24.3 Å². The summed E-state index contributed by atoms with van der Waals surface area (Å²) in [5.41, 5.74) is 0. The number of allylic oxidation sites excluding steroid dienone is 3. The van der Waals surface area contributed by atoms with Crippen LogP contribution in [0.3, 0.4) is 0 Å². The highest BCUT2D eigenvalue weighted by Crippen LogP contribution is 2.18. The van der Waals surface area contributed by atoms with Crippen LogP contribution >= 0.6 is 0 Å². The lowest BCUT2D eigenvalue weighted by atomic mass is 10.0. The third kappa shape index (κ3) is 57.5. The van der Waals surface area contributed by atoms with Gasteiger partial charge in [0.2, 0.25) is 5.91 Å². The van der Waals surface area contributed by atoms with Gasteiger partial charge in [0.1, 0.15) is 0 Å². The molecule has 6 heteroatoms. The zero-order chi connectivity index (χ0) is 51.4. The highest BCUT2D eigenvalue weighted by molar-refractivity contribution is 5.76. The molecule has 2 unspecified atom stereocenters. The second kappa shape index (κ2) is 60.9. The van der Waals surface area contributed by atoms with Gasteiger partial charge in [-0.05, 0) is 57.8 Å². The molecule has 3 N–H and O–H groups in total. The molecule has 0 aliphatic carbocycles. The fraction of sp³-hybridized carbons (Fsp3) is 0.908. The van der Waals surface area contributed by atoms with Crippen LogP contribution in [0.4, 0.5) is 0 Å². The zero-order valence-electron chi connectivity index (χ0n) is 48.0. The first-order chi connectivity index (χ1) is 35.0. The number of carbonyl (C=O) groups excluding carboxylic acids is 2. The van der Waals surface area contributed by atoms with Gasteiger partial charge in [-0.3, -0.25) is 9.59 Å². The van der Waals surface area contributed by atoms with Crippen LogP contribution < -0.4 is 5.32 Å². The van der Waals surface area contributed by atoms with Gasteiger partial charge in [0.15, 0.2) is 0 Å². The van der Waals surface area contributed by atoms with E-state index in [0.29, 0.717) is 19.4 Å². The molecule has 2 atom stereocenters. The lowest BCUT2D eigenvalue weighted by Crippen LogP contribution is -2.45.